The molecule has 0 spiro atoms. The van der Waals surface area contributed by atoms with Crippen LogP contribution in [0.15, 0.2) is 0 Å². The lowest BCUT2D eigenvalue weighted by molar-refractivity contribution is 0.169. The highest BCUT2D eigenvalue weighted by atomic mass is 33.1. The predicted molar refractivity (Wildman–Crippen MR) is 45.9 cm³/mol. The van der Waals surface area contributed by atoms with Crippen LogP contribution in [0.3, 0.4) is 0 Å². The summed E-state index contributed by atoms with van der Waals surface area (Å²) < 4.78 is 7.65. The molecule has 2 atom stereocenters. The molecule has 0 bridgehead atoms. The van der Waals surface area contributed by atoms with Gasteiger partial charge in [-0.05, 0) is 11.0 Å². The van der Waals surface area contributed by atoms with Crippen LogP contribution in [0.4, 0.5) is 0 Å². The number of rotatable bonds is 1. The van der Waals surface area contributed by atoms with Gasteiger partial charge in [0.15, 0.2) is 0 Å². The Balaban J connectivity index is 1.94. The second kappa shape index (κ2) is 2.93. The fraction of sp³-hybridized carbons (Fsp3) is 1.00. The van der Waals surface area contributed by atoms with Gasteiger partial charge >= 0.3 is 0 Å². The van der Waals surface area contributed by atoms with E-state index in [1.165, 1.54) is 13.1 Å². The topological polar surface area (TPSA) is 12.5 Å². The van der Waals surface area contributed by atoms with E-state index in [-0.39, 0.29) is 0 Å². The summed E-state index contributed by atoms with van der Waals surface area (Å²) in [7, 11) is 1.56. The highest BCUT2D eigenvalue weighted by Crippen LogP contribution is 2.33. The molecule has 2 nitrogen and oxygen atoms in total. The zero-order chi connectivity index (χ0) is 6.97. The van der Waals surface area contributed by atoms with E-state index in [1.807, 2.05) is 0 Å². The molecule has 0 N–H and O–H groups in total. The first kappa shape index (κ1) is 7.28. The number of hydrogen-bond acceptors (Lipinski definition) is 4. The lowest BCUT2D eigenvalue weighted by atomic mass is 10.0. The molecule has 58 valence electrons. The summed E-state index contributed by atoms with van der Waals surface area (Å²) in [6.07, 6.45) is 0. The Kier molecular flexibility index (Phi) is 2.13. The maximum absolute atomic E-state index is 5.34. The lowest BCUT2D eigenvalue weighted by Gasteiger charge is -2.10. The van der Waals surface area contributed by atoms with E-state index in [2.05, 4.69) is 16.0 Å². The predicted octanol–water partition coefficient (Wildman–Crippen LogP) is 1.06. The number of hydrogen-bond donors (Lipinski definition) is 1. The van der Waals surface area contributed by atoms with Gasteiger partial charge in [-0.3, -0.25) is 0 Å². The molecule has 2 heterocycles. The number of thiol groups is 1. The fourth-order valence-electron chi connectivity index (χ4n) is 1.71. The molecule has 10 heavy (non-hydrogen) atoms. The maximum atomic E-state index is 5.34. The molecule has 2 fully saturated rings. The van der Waals surface area contributed by atoms with E-state index in [0.717, 1.165) is 25.0 Å². The molecular weight excluding hydrogens is 166 g/mol. The monoisotopic (exact) mass is 177 g/mol. The first-order valence-corrected chi connectivity index (χ1v) is 5.37. The van der Waals surface area contributed by atoms with Gasteiger partial charge in [-0.25, -0.2) is 4.31 Å². The van der Waals surface area contributed by atoms with Crippen LogP contribution in [0.25, 0.3) is 0 Å². The Labute approximate surface area is 70.2 Å². The van der Waals surface area contributed by atoms with Crippen LogP contribution in [0.5, 0.6) is 0 Å². The minimum absolute atomic E-state index is 0.791. The van der Waals surface area contributed by atoms with Gasteiger partial charge in [0.1, 0.15) is 0 Å². The summed E-state index contributed by atoms with van der Waals surface area (Å²) >= 11 is 4.16. The molecule has 2 aliphatic heterocycles. The minimum atomic E-state index is 0.791. The zero-order valence-corrected chi connectivity index (χ0v) is 7.40. The fourth-order valence-corrected chi connectivity index (χ4v) is 2.63. The van der Waals surface area contributed by atoms with Crippen LogP contribution >= 0.6 is 22.6 Å². The van der Waals surface area contributed by atoms with Crippen LogP contribution < -0.4 is 0 Å². The molecule has 0 aromatic heterocycles. The van der Waals surface area contributed by atoms with E-state index in [1.54, 1.807) is 11.0 Å². The van der Waals surface area contributed by atoms with Crippen molar-refractivity contribution in [2.45, 2.75) is 0 Å². The molecule has 0 aromatic rings. The second-order valence-corrected chi connectivity index (χ2v) is 4.16. The van der Waals surface area contributed by atoms with Crippen molar-refractivity contribution >= 4 is 22.6 Å². The van der Waals surface area contributed by atoms with E-state index in [4.69, 9.17) is 4.74 Å². The van der Waals surface area contributed by atoms with Gasteiger partial charge in [-0.15, -0.1) is 0 Å². The third kappa shape index (κ3) is 1.18. The van der Waals surface area contributed by atoms with Gasteiger partial charge in [-0.2, -0.15) is 0 Å². The molecule has 2 aliphatic rings. The normalized spacial score (nSPS) is 40.5. The quantitative estimate of drug-likeness (QED) is 0.365. The zero-order valence-electron chi connectivity index (χ0n) is 5.69. The summed E-state index contributed by atoms with van der Waals surface area (Å²) in [5, 5.41) is 0. The number of nitrogens with zero attached hydrogens (tertiary/aromatic N) is 1. The summed E-state index contributed by atoms with van der Waals surface area (Å²) in [6, 6.07) is 0. The molecule has 4 heteroatoms. The van der Waals surface area contributed by atoms with Crippen LogP contribution in [-0.2, 0) is 4.74 Å². The van der Waals surface area contributed by atoms with E-state index in [9.17, 15) is 0 Å². The van der Waals surface area contributed by atoms with Crippen molar-refractivity contribution in [2.24, 2.45) is 11.8 Å². The Morgan fingerprint density at radius 1 is 1.30 bits per heavy atom. The Hall–Kier alpha value is 0.620. The standard InChI is InChI=1S/C6H11NOS2/c9-10-7-1-5-3-8-4-6(5)2-7/h5-6,9H,1-4H2. The number of ether oxygens (including phenoxy) is 1. The Morgan fingerprint density at radius 2 is 1.90 bits per heavy atom. The Morgan fingerprint density at radius 3 is 2.40 bits per heavy atom. The summed E-state index contributed by atoms with van der Waals surface area (Å²) in [4.78, 5) is 0. The van der Waals surface area contributed by atoms with Crippen molar-refractivity contribution in [3.8, 4) is 0 Å². The van der Waals surface area contributed by atoms with Crippen molar-refractivity contribution in [3.63, 3.8) is 0 Å². The molecule has 0 aliphatic carbocycles. The van der Waals surface area contributed by atoms with Crippen molar-refractivity contribution in [1.29, 1.82) is 0 Å². The van der Waals surface area contributed by atoms with Crippen LogP contribution in [0.2, 0.25) is 0 Å². The van der Waals surface area contributed by atoms with Gasteiger partial charge in [0.25, 0.3) is 0 Å². The average molecular weight is 177 g/mol. The SMILES string of the molecule is SSN1CC2COCC2C1. The first-order chi connectivity index (χ1) is 4.90. The molecule has 0 aromatic carbocycles. The summed E-state index contributed by atoms with van der Waals surface area (Å²) in [5.41, 5.74) is 0. The van der Waals surface area contributed by atoms with Crippen LogP contribution in [0.1, 0.15) is 0 Å². The van der Waals surface area contributed by atoms with E-state index >= 15 is 0 Å². The smallest absolute Gasteiger partial charge is 0.0511 e. The van der Waals surface area contributed by atoms with Crippen LogP contribution in [-0.4, -0.2) is 30.6 Å². The average Bonchev–Trinajstić information content (AvgIpc) is 2.42. The summed E-state index contributed by atoms with van der Waals surface area (Å²) in [6.45, 7) is 4.27. The van der Waals surface area contributed by atoms with Gasteiger partial charge in [0, 0.05) is 24.9 Å². The molecule has 2 rings (SSSR count). The second-order valence-electron chi connectivity index (χ2n) is 2.99. The Bertz CT molecular complexity index is 121. The van der Waals surface area contributed by atoms with Crippen LogP contribution in [0, 0.1) is 11.8 Å². The highest BCUT2D eigenvalue weighted by Gasteiger charge is 2.36. The highest BCUT2D eigenvalue weighted by molar-refractivity contribution is 8.67. The largest absolute Gasteiger partial charge is 0.381 e. The lowest BCUT2D eigenvalue weighted by Crippen LogP contribution is -2.12. The minimum Gasteiger partial charge on any atom is -0.381 e. The first-order valence-electron chi connectivity index (χ1n) is 3.54. The van der Waals surface area contributed by atoms with Crippen molar-refractivity contribution < 1.29 is 4.74 Å². The summed E-state index contributed by atoms with van der Waals surface area (Å²) in [5.74, 6) is 1.58. The van der Waals surface area contributed by atoms with Gasteiger partial charge in [0.2, 0.25) is 0 Å². The molecule has 2 unspecified atom stereocenters. The third-order valence-electron chi connectivity index (χ3n) is 2.32. The van der Waals surface area contributed by atoms with Gasteiger partial charge in [-0.1, -0.05) is 11.7 Å². The van der Waals surface area contributed by atoms with Crippen molar-refractivity contribution in [2.75, 3.05) is 26.3 Å². The van der Waals surface area contributed by atoms with Crippen molar-refractivity contribution in [1.82, 2.24) is 4.31 Å². The van der Waals surface area contributed by atoms with E-state index < -0.39 is 0 Å². The van der Waals surface area contributed by atoms with Crippen molar-refractivity contribution in [3.05, 3.63) is 0 Å². The number of fused-ring (bicyclic) bond motifs is 1. The molecule has 0 saturated carbocycles. The molecule has 0 radical (unpaired) electrons. The van der Waals surface area contributed by atoms with Gasteiger partial charge in [0.05, 0.1) is 13.2 Å². The third-order valence-corrected chi connectivity index (χ3v) is 3.54. The van der Waals surface area contributed by atoms with Gasteiger partial charge < -0.3 is 4.74 Å². The molecule has 2 saturated heterocycles. The maximum Gasteiger partial charge on any atom is 0.0511 e. The molecule has 0 amide bonds. The van der Waals surface area contributed by atoms with E-state index in [0.29, 0.717) is 0 Å². The molecular formula is C6H11NOS2.